The molecule has 2 aromatic rings. The lowest BCUT2D eigenvalue weighted by Gasteiger charge is -2.35. The van der Waals surface area contributed by atoms with Gasteiger partial charge in [-0.1, -0.05) is 17.7 Å². The summed E-state index contributed by atoms with van der Waals surface area (Å²) >= 11 is 0. The van der Waals surface area contributed by atoms with E-state index in [1.54, 1.807) is 48.2 Å². The van der Waals surface area contributed by atoms with Crippen LogP contribution in [0.25, 0.3) is 0 Å². The van der Waals surface area contributed by atoms with Gasteiger partial charge in [-0.05, 0) is 38.1 Å². The molecule has 11 heteroatoms. The summed E-state index contributed by atoms with van der Waals surface area (Å²) in [5, 5.41) is 2.75. The Balaban J connectivity index is 1.40. The SMILES string of the molecule is CCOC(=O)c1ccc(N2CCN(C(=O)NCCNS(=O)(=O)c3ccc(C)cc3)CC2)nc1. The second kappa shape index (κ2) is 11.1. The second-order valence-electron chi connectivity index (χ2n) is 7.54. The van der Waals surface area contributed by atoms with E-state index >= 15 is 0 Å². The first kappa shape index (κ1) is 24.5. The lowest BCUT2D eigenvalue weighted by Crippen LogP contribution is -2.52. The molecule has 0 radical (unpaired) electrons. The molecular weight excluding hydrogens is 446 g/mol. The highest BCUT2D eigenvalue weighted by Gasteiger charge is 2.22. The zero-order valence-corrected chi connectivity index (χ0v) is 19.6. The number of amides is 2. The average molecular weight is 476 g/mol. The molecule has 1 fully saturated rings. The van der Waals surface area contributed by atoms with E-state index in [2.05, 4.69) is 15.0 Å². The Labute approximate surface area is 194 Å². The fourth-order valence-corrected chi connectivity index (χ4v) is 4.35. The number of benzene rings is 1. The minimum absolute atomic E-state index is 0.0959. The number of ether oxygens (including phenoxy) is 1. The normalized spacial score (nSPS) is 14.1. The summed E-state index contributed by atoms with van der Waals surface area (Å²) in [4.78, 5) is 32.4. The number of sulfonamides is 1. The zero-order chi connectivity index (χ0) is 23.8. The summed E-state index contributed by atoms with van der Waals surface area (Å²) in [5.74, 6) is 0.327. The summed E-state index contributed by atoms with van der Waals surface area (Å²) in [5.41, 5.74) is 1.38. The Morgan fingerprint density at radius 3 is 2.33 bits per heavy atom. The van der Waals surface area contributed by atoms with Crippen molar-refractivity contribution >= 4 is 27.8 Å². The van der Waals surface area contributed by atoms with Gasteiger partial charge in [-0.15, -0.1) is 0 Å². The molecule has 3 rings (SSSR count). The smallest absolute Gasteiger partial charge is 0.339 e. The zero-order valence-electron chi connectivity index (χ0n) is 18.8. The number of esters is 1. The van der Waals surface area contributed by atoms with Crippen LogP contribution in [0.3, 0.4) is 0 Å². The maximum atomic E-state index is 12.4. The standard InChI is InChI=1S/C22H29N5O5S/c1-3-32-21(28)18-6-9-20(24-16-18)26-12-14-27(15-13-26)22(29)23-10-11-25-33(30,31)19-7-4-17(2)5-8-19/h4-9,16,25H,3,10-15H2,1-2H3,(H,23,29). The number of urea groups is 1. The lowest BCUT2D eigenvalue weighted by molar-refractivity contribution is 0.0526. The minimum atomic E-state index is -3.61. The Morgan fingerprint density at radius 1 is 1.03 bits per heavy atom. The summed E-state index contributed by atoms with van der Waals surface area (Å²) in [6.45, 7) is 6.42. The van der Waals surface area contributed by atoms with Gasteiger partial charge in [0, 0.05) is 45.5 Å². The lowest BCUT2D eigenvalue weighted by atomic mass is 10.2. The van der Waals surface area contributed by atoms with Crippen LogP contribution in [0.1, 0.15) is 22.8 Å². The molecule has 178 valence electrons. The first-order valence-electron chi connectivity index (χ1n) is 10.8. The van der Waals surface area contributed by atoms with E-state index in [9.17, 15) is 18.0 Å². The van der Waals surface area contributed by atoms with Gasteiger partial charge < -0.3 is 19.9 Å². The molecule has 0 spiro atoms. The number of aromatic nitrogens is 1. The highest BCUT2D eigenvalue weighted by atomic mass is 32.2. The summed E-state index contributed by atoms with van der Waals surface area (Å²) in [6, 6.07) is 9.78. The van der Waals surface area contributed by atoms with Crippen molar-refractivity contribution in [2.24, 2.45) is 0 Å². The van der Waals surface area contributed by atoms with Crippen LogP contribution >= 0.6 is 0 Å². The van der Waals surface area contributed by atoms with Gasteiger partial charge in [0.1, 0.15) is 5.82 Å². The molecule has 1 aliphatic rings. The molecule has 1 saturated heterocycles. The number of hydrogen-bond acceptors (Lipinski definition) is 7. The second-order valence-corrected chi connectivity index (χ2v) is 9.31. The number of aryl methyl sites for hydroxylation is 1. The molecule has 2 amide bonds. The Kier molecular flexibility index (Phi) is 8.23. The third-order valence-corrected chi connectivity index (χ3v) is 6.65. The van der Waals surface area contributed by atoms with Crippen molar-refractivity contribution in [3.63, 3.8) is 0 Å². The van der Waals surface area contributed by atoms with E-state index in [-0.39, 0.29) is 24.0 Å². The number of hydrogen-bond donors (Lipinski definition) is 2. The van der Waals surface area contributed by atoms with Crippen LogP contribution in [-0.2, 0) is 14.8 Å². The Bertz CT molecular complexity index is 1050. The van der Waals surface area contributed by atoms with Gasteiger partial charge in [0.15, 0.2) is 0 Å². The highest BCUT2D eigenvalue weighted by Crippen LogP contribution is 2.15. The van der Waals surface area contributed by atoms with E-state index < -0.39 is 16.0 Å². The monoisotopic (exact) mass is 475 g/mol. The van der Waals surface area contributed by atoms with E-state index in [0.717, 1.165) is 11.4 Å². The molecule has 1 aliphatic heterocycles. The number of nitrogens with zero attached hydrogens (tertiary/aromatic N) is 3. The molecule has 1 aromatic heterocycles. The number of anilines is 1. The first-order chi connectivity index (χ1) is 15.8. The summed E-state index contributed by atoms with van der Waals surface area (Å²) < 4.78 is 32.0. The quantitative estimate of drug-likeness (QED) is 0.437. The first-order valence-corrected chi connectivity index (χ1v) is 12.3. The Morgan fingerprint density at radius 2 is 1.73 bits per heavy atom. The summed E-state index contributed by atoms with van der Waals surface area (Å²) in [6.07, 6.45) is 1.49. The maximum absolute atomic E-state index is 12.4. The topological polar surface area (TPSA) is 121 Å². The number of carbonyl (C=O) groups excluding carboxylic acids is 2. The molecule has 1 aromatic carbocycles. The van der Waals surface area contributed by atoms with Crippen LogP contribution in [-0.4, -0.2) is 76.2 Å². The fraction of sp³-hybridized carbons (Fsp3) is 0.409. The van der Waals surface area contributed by atoms with Gasteiger partial charge in [-0.25, -0.2) is 27.7 Å². The van der Waals surface area contributed by atoms with Gasteiger partial charge in [0.25, 0.3) is 0 Å². The van der Waals surface area contributed by atoms with Gasteiger partial charge in [0.2, 0.25) is 10.0 Å². The van der Waals surface area contributed by atoms with Gasteiger partial charge in [0.05, 0.1) is 17.1 Å². The molecular formula is C22H29N5O5S. The van der Waals surface area contributed by atoms with Gasteiger partial charge in [-0.3, -0.25) is 0 Å². The number of rotatable bonds is 8. The highest BCUT2D eigenvalue weighted by molar-refractivity contribution is 7.89. The molecule has 0 saturated carbocycles. The molecule has 2 heterocycles. The van der Waals surface area contributed by atoms with Crippen LogP contribution in [0.15, 0.2) is 47.5 Å². The molecule has 10 nitrogen and oxygen atoms in total. The van der Waals surface area contributed by atoms with Crippen molar-refractivity contribution in [2.75, 3.05) is 50.8 Å². The van der Waals surface area contributed by atoms with Crippen molar-refractivity contribution in [1.29, 1.82) is 0 Å². The minimum Gasteiger partial charge on any atom is -0.462 e. The molecule has 0 atom stereocenters. The van der Waals surface area contributed by atoms with E-state index in [1.165, 1.54) is 6.20 Å². The van der Waals surface area contributed by atoms with Crippen molar-refractivity contribution in [1.82, 2.24) is 19.9 Å². The van der Waals surface area contributed by atoms with Crippen LogP contribution in [0.2, 0.25) is 0 Å². The number of carbonyl (C=O) groups is 2. The predicted octanol–water partition coefficient (Wildman–Crippen LogP) is 1.38. The van der Waals surface area contributed by atoms with Gasteiger partial charge >= 0.3 is 12.0 Å². The number of nitrogens with one attached hydrogen (secondary N) is 2. The molecule has 33 heavy (non-hydrogen) atoms. The third kappa shape index (κ3) is 6.65. The van der Waals surface area contributed by atoms with E-state index in [1.807, 2.05) is 11.8 Å². The number of pyridine rings is 1. The van der Waals surface area contributed by atoms with Crippen LogP contribution in [0, 0.1) is 6.92 Å². The number of piperazine rings is 1. The van der Waals surface area contributed by atoms with Crippen molar-refractivity contribution < 1.29 is 22.7 Å². The molecule has 0 aliphatic carbocycles. The van der Waals surface area contributed by atoms with E-state index in [4.69, 9.17) is 4.74 Å². The van der Waals surface area contributed by atoms with Crippen molar-refractivity contribution in [3.05, 3.63) is 53.7 Å². The molecule has 2 N–H and O–H groups in total. The van der Waals surface area contributed by atoms with Gasteiger partial charge in [-0.2, -0.15) is 0 Å². The third-order valence-electron chi connectivity index (χ3n) is 5.17. The van der Waals surface area contributed by atoms with Crippen molar-refractivity contribution in [3.8, 4) is 0 Å². The maximum Gasteiger partial charge on any atom is 0.339 e. The summed E-state index contributed by atoms with van der Waals surface area (Å²) in [7, 11) is -3.61. The Hall–Kier alpha value is -3.18. The van der Waals surface area contributed by atoms with E-state index in [0.29, 0.717) is 38.3 Å². The fourth-order valence-electron chi connectivity index (χ4n) is 3.31. The van der Waals surface area contributed by atoms with Crippen LogP contribution < -0.4 is 14.9 Å². The molecule has 0 bridgehead atoms. The van der Waals surface area contributed by atoms with Crippen LogP contribution in [0.4, 0.5) is 10.6 Å². The largest absolute Gasteiger partial charge is 0.462 e. The molecule has 0 unspecified atom stereocenters. The van der Waals surface area contributed by atoms with Crippen molar-refractivity contribution in [2.45, 2.75) is 18.7 Å². The van der Waals surface area contributed by atoms with Crippen LogP contribution in [0.5, 0.6) is 0 Å². The average Bonchev–Trinajstić information content (AvgIpc) is 2.82. The predicted molar refractivity (Wildman–Crippen MR) is 124 cm³/mol.